The van der Waals surface area contributed by atoms with E-state index in [4.69, 9.17) is 9.47 Å². The summed E-state index contributed by atoms with van der Waals surface area (Å²) in [5.41, 5.74) is -6.60. The van der Waals surface area contributed by atoms with Crippen molar-refractivity contribution in [1.29, 1.82) is 0 Å². The fourth-order valence-corrected chi connectivity index (χ4v) is 13.8. The van der Waals surface area contributed by atoms with E-state index in [1.165, 1.54) is 14.2 Å². The van der Waals surface area contributed by atoms with Crippen LogP contribution in [0.25, 0.3) is 0 Å². The zero-order valence-corrected chi connectivity index (χ0v) is 71.1. The highest BCUT2D eigenvalue weighted by molar-refractivity contribution is 5.97. The van der Waals surface area contributed by atoms with Crippen LogP contribution in [0.5, 0.6) is 0 Å². The van der Waals surface area contributed by atoms with Gasteiger partial charge in [0, 0.05) is 215 Å². The van der Waals surface area contributed by atoms with Gasteiger partial charge in [-0.3, -0.25) is 57.5 Å². The first-order valence-electron chi connectivity index (χ1n) is 40.3. The number of Topliss-reactive ketones (excluding diaryl/α,β-unsaturated/α-hetero) is 5. The molecule has 0 heterocycles. The molecule has 0 aliphatic carbocycles. The van der Waals surface area contributed by atoms with E-state index in [1.807, 2.05) is 42.0 Å². The van der Waals surface area contributed by atoms with Crippen molar-refractivity contribution in [3.63, 3.8) is 0 Å². The van der Waals surface area contributed by atoms with Gasteiger partial charge < -0.3 is 66.3 Å². The molecular weight excluding hydrogens is 1360 g/mol. The van der Waals surface area contributed by atoms with Crippen molar-refractivity contribution in [2.45, 2.75) is 238 Å². The highest BCUT2D eigenvalue weighted by atomic mass is 16.5. The van der Waals surface area contributed by atoms with Crippen molar-refractivity contribution in [3.05, 3.63) is 0 Å². The Balaban J connectivity index is 8.00. The second-order valence-corrected chi connectivity index (χ2v) is 33.7. The van der Waals surface area contributed by atoms with Gasteiger partial charge in [-0.05, 0) is 86.0 Å². The maximum absolute atomic E-state index is 15.9. The second kappa shape index (κ2) is 53.3. The molecule has 0 bridgehead atoms. The highest BCUT2D eigenvalue weighted by Crippen LogP contribution is 2.43. The molecule has 25 heteroatoms. The number of methoxy groups -OCH3 is 2. The second-order valence-electron chi connectivity index (χ2n) is 33.7. The summed E-state index contributed by atoms with van der Waals surface area (Å²) < 4.78 is 10.3. The molecule has 25 nitrogen and oxygen atoms in total. The molecule has 7 amide bonds. The molecular formula is C82H153N11O14. The molecule has 0 aromatic heterocycles. The molecule has 6 unspecified atom stereocenters. The number of hydrogen-bond donors (Lipinski definition) is 7. The average molecular weight is 1520 g/mol. The smallest absolute Gasteiger partial charge is 0.225 e. The first-order chi connectivity index (χ1) is 50.1. The fraction of sp³-hybridized carbons (Fsp3) is 0.854. The summed E-state index contributed by atoms with van der Waals surface area (Å²) in [5.74, 6) is -10.2. The standard InChI is InChI=1S/C82H153N11O14/c1-23-27-30-32-35-85-69(97)52-61(73(101)82(13,14)59-65(77(105)93(20)46-44-91(18)42-38-84-16)51-68(96)80(9,10)57-64(76(104)87-34-29-25-3)54-71(99)92(19)45-43-90(17)41-37-83-15)56-79(7,8)67(95)50-63(75(103)88-36-33-31-28-24-2)58-81(11,12)72(100)62(53-70(98)86-39-47-106-21)55-78(5,6)66(94)49-60(26-4)74(102)89-40-48-107-22/h60-65,83-84H,23-59H2,1-22H3,(H,85,97)(H,86,98)(H,87,104)(H,88,103)(H,89,102). The van der Waals surface area contributed by atoms with Crippen LogP contribution in [0.3, 0.4) is 0 Å². The number of nitrogens with one attached hydrogen (secondary N) is 7. The molecule has 0 aliphatic heterocycles. The normalized spacial score (nSPS) is 13.9. The minimum atomic E-state index is -1.41. The molecule has 0 spiro atoms. The van der Waals surface area contributed by atoms with Gasteiger partial charge in [-0.2, -0.15) is 0 Å². The number of carbonyl (C=O) groups is 12. The van der Waals surface area contributed by atoms with Gasteiger partial charge in [0.15, 0.2) is 0 Å². The minimum absolute atomic E-state index is 0.00378. The summed E-state index contributed by atoms with van der Waals surface area (Å²) in [6.45, 7) is 31.9. The van der Waals surface area contributed by atoms with Gasteiger partial charge in [0.05, 0.1) is 13.2 Å². The quantitative estimate of drug-likeness (QED) is 0.0281. The lowest BCUT2D eigenvalue weighted by Crippen LogP contribution is -2.45. The summed E-state index contributed by atoms with van der Waals surface area (Å²) in [6.07, 6.45) is 6.94. The molecule has 7 N–H and O–H groups in total. The van der Waals surface area contributed by atoms with E-state index in [1.54, 1.807) is 93.1 Å². The van der Waals surface area contributed by atoms with Crippen LogP contribution in [0.2, 0.25) is 0 Å². The Kier molecular flexibility index (Phi) is 50.5. The van der Waals surface area contributed by atoms with Crippen LogP contribution >= 0.6 is 0 Å². The Hall–Kier alpha value is -5.60. The van der Waals surface area contributed by atoms with Crippen LogP contribution in [0.15, 0.2) is 0 Å². The first kappa shape index (κ1) is 101. The van der Waals surface area contributed by atoms with Gasteiger partial charge in [0.25, 0.3) is 0 Å². The van der Waals surface area contributed by atoms with Gasteiger partial charge >= 0.3 is 0 Å². The van der Waals surface area contributed by atoms with E-state index in [9.17, 15) is 33.6 Å². The van der Waals surface area contributed by atoms with E-state index >= 15 is 24.0 Å². The van der Waals surface area contributed by atoms with Crippen molar-refractivity contribution < 1.29 is 67.0 Å². The zero-order valence-electron chi connectivity index (χ0n) is 71.1. The van der Waals surface area contributed by atoms with Crippen LogP contribution in [0.1, 0.15) is 238 Å². The Morgan fingerprint density at radius 3 is 1.09 bits per heavy atom. The van der Waals surface area contributed by atoms with Crippen LogP contribution in [0.4, 0.5) is 0 Å². The van der Waals surface area contributed by atoms with E-state index in [2.05, 4.69) is 60.9 Å². The Labute approximate surface area is 646 Å². The number of carbonyl (C=O) groups excluding carboxylic acids is 12. The summed E-state index contributed by atoms with van der Waals surface area (Å²) in [7, 11) is 14.1. The first-order valence-corrected chi connectivity index (χ1v) is 40.3. The molecule has 107 heavy (non-hydrogen) atoms. The van der Waals surface area contributed by atoms with Crippen LogP contribution in [0, 0.1) is 62.6 Å². The van der Waals surface area contributed by atoms with Gasteiger partial charge in [0.2, 0.25) is 41.4 Å². The number of rotatable bonds is 65. The number of nitrogens with zero attached hydrogens (tertiary/aromatic N) is 4. The Morgan fingerprint density at radius 2 is 0.673 bits per heavy atom. The topological polar surface area (TPSA) is 320 Å². The largest absolute Gasteiger partial charge is 0.383 e. The number of ketones is 5. The molecule has 620 valence electrons. The lowest BCUT2D eigenvalue weighted by molar-refractivity contribution is -0.144. The zero-order chi connectivity index (χ0) is 81.7. The fourth-order valence-electron chi connectivity index (χ4n) is 13.8. The third kappa shape index (κ3) is 40.8. The molecule has 0 saturated heterocycles. The molecule has 0 aromatic rings. The van der Waals surface area contributed by atoms with Gasteiger partial charge in [0.1, 0.15) is 28.9 Å². The lowest BCUT2D eigenvalue weighted by Gasteiger charge is -2.37. The summed E-state index contributed by atoms with van der Waals surface area (Å²) >= 11 is 0. The Bertz CT molecular complexity index is 2700. The van der Waals surface area contributed by atoms with Crippen molar-refractivity contribution in [2.24, 2.45) is 62.6 Å². The number of unbranched alkanes of at least 4 members (excludes halogenated alkanes) is 7. The predicted octanol–water partition coefficient (Wildman–Crippen LogP) is 8.41. The van der Waals surface area contributed by atoms with Crippen molar-refractivity contribution >= 4 is 70.3 Å². The summed E-state index contributed by atoms with van der Waals surface area (Å²) in [4.78, 5) is 183. The van der Waals surface area contributed by atoms with E-state index in [0.29, 0.717) is 84.8 Å². The van der Waals surface area contributed by atoms with Gasteiger partial charge in [-0.25, -0.2) is 0 Å². The third-order valence-electron chi connectivity index (χ3n) is 21.3. The van der Waals surface area contributed by atoms with Crippen molar-refractivity contribution in [1.82, 2.24) is 56.8 Å². The van der Waals surface area contributed by atoms with Crippen LogP contribution < -0.4 is 37.2 Å². The third-order valence-corrected chi connectivity index (χ3v) is 21.3. The van der Waals surface area contributed by atoms with Crippen LogP contribution in [-0.4, -0.2) is 245 Å². The molecule has 0 radical (unpaired) electrons. The monoisotopic (exact) mass is 1520 g/mol. The maximum atomic E-state index is 15.9. The lowest BCUT2D eigenvalue weighted by atomic mass is 9.66. The molecule has 0 aromatic carbocycles. The predicted molar refractivity (Wildman–Crippen MR) is 426 cm³/mol. The van der Waals surface area contributed by atoms with Gasteiger partial charge in [-0.1, -0.05) is 142 Å². The Morgan fingerprint density at radius 1 is 0.336 bits per heavy atom. The van der Waals surface area contributed by atoms with Crippen molar-refractivity contribution in [2.75, 3.05) is 155 Å². The van der Waals surface area contributed by atoms with Gasteiger partial charge in [-0.15, -0.1) is 0 Å². The molecule has 0 rings (SSSR count). The maximum Gasteiger partial charge on any atom is 0.225 e. The van der Waals surface area contributed by atoms with E-state index < -0.39 is 97.7 Å². The molecule has 0 saturated carbocycles. The van der Waals surface area contributed by atoms with Crippen molar-refractivity contribution in [3.8, 4) is 0 Å². The SMILES string of the molecule is CCCCCCNC(=O)CC(CC(C)(C)C(=O)CC(CC(C)(C)C(=O)C(CC(=O)NCCOC)CC(C)(C)C(=O)CC(CC)C(=O)NCCOC)C(=O)NCCCCCC)C(=O)C(C)(C)CC(CC(=O)C(C)(C)CC(CC(=O)N(C)CCN(C)CCNC)C(=O)NCCCC)C(=O)N(C)CCN(C)CCNC. The molecule has 6 atom stereocenters. The molecule has 0 aliphatic rings. The highest BCUT2D eigenvalue weighted by Gasteiger charge is 2.47. The van der Waals surface area contributed by atoms with Crippen LogP contribution in [-0.2, 0) is 67.0 Å². The number of likely N-dealkylation sites (N-methyl/N-ethyl adjacent to an activating group) is 6. The van der Waals surface area contributed by atoms with E-state index in [-0.39, 0.29) is 126 Å². The number of ether oxygens (including phenoxy) is 2. The summed E-state index contributed by atoms with van der Waals surface area (Å²) in [5, 5.41) is 21.0. The average Bonchev–Trinajstić information content (AvgIpc) is 0.806. The number of amides is 7. The summed E-state index contributed by atoms with van der Waals surface area (Å²) in [6, 6.07) is 0. The minimum Gasteiger partial charge on any atom is -0.383 e. The number of hydrogen-bond acceptors (Lipinski definition) is 18. The van der Waals surface area contributed by atoms with E-state index in [0.717, 1.165) is 64.5 Å². The molecule has 0 fully saturated rings.